The van der Waals surface area contributed by atoms with Crippen LogP contribution < -0.4 is 5.32 Å². The van der Waals surface area contributed by atoms with E-state index in [0.29, 0.717) is 6.04 Å². The third-order valence-corrected chi connectivity index (χ3v) is 2.97. The molecule has 2 rings (SSSR count). The van der Waals surface area contributed by atoms with Crippen molar-refractivity contribution in [3.8, 4) is 0 Å². The molecule has 1 aliphatic carbocycles. The topological polar surface area (TPSA) is 29.1 Å². The quantitative estimate of drug-likeness (QED) is 0.837. The molecule has 1 aromatic rings. The Bertz CT molecular complexity index is 396. The van der Waals surface area contributed by atoms with Gasteiger partial charge in [-0.2, -0.15) is 0 Å². The van der Waals surface area contributed by atoms with Crippen LogP contribution in [0.1, 0.15) is 18.4 Å². The van der Waals surface area contributed by atoms with E-state index in [1.54, 1.807) is 6.08 Å². The van der Waals surface area contributed by atoms with Crippen molar-refractivity contribution in [2.45, 2.75) is 18.9 Å². The average Bonchev–Trinajstić information content (AvgIpc) is 3.00. The van der Waals surface area contributed by atoms with Gasteiger partial charge in [0, 0.05) is 16.6 Å². The molecule has 0 heterocycles. The highest BCUT2D eigenvalue weighted by Gasteiger charge is 2.21. The van der Waals surface area contributed by atoms with Gasteiger partial charge < -0.3 is 5.32 Å². The highest BCUT2D eigenvalue weighted by Crippen LogP contribution is 2.19. The van der Waals surface area contributed by atoms with Gasteiger partial charge in [-0.15, -0.1) is 0 Å². The summed E-state index contributed by atoms with van der Waals surface area (Å²) in [5.74, 6) is -0.00625. The van der Waals surface area contributed by atoms with Gasteiger partial charge in [-0.25, -0.2) is 0 Å². The van der Waals surface area contributed by atoms with Crippen molar-refractivity contribution in [3.05, 3.63) is 40.4 Å². The number of hydrogen-bond donors (Lipinski definition) is 1. The molecule has 0 aromatic heterocycles. The van der Waals surface area contributed by atoms with Gasteiger partial charge in [0.05, 0.1) is 0 Å². The van der Waals surface area contributed by atoms with Crippen molar-refractivity contribution in [1.29, 1.82) is 0 Å². The first-order valence-corrected chi connectivity index (χ1v) is 5.78. The summed E-state index contributed by atoms with van der Waals surface area (Å²) in [7, 11) is 0. The predicted molar refractivity (Wildman–Crippen MR) is 64.3 cm³/mol. The van der Waals surface area contributed by atoms with Crippen LogP contribution in [0.15, 0.2) is 34.8 Å². The molecule has 78 valence electrons. The maximum atomic E-state index is 11.4. The second-order valence-electron chi connectivity index (χ2n) is 3.64. The summed E-state index contributed by atoms with van der Waals surface area (Å²) >= 11 is 3.43. The van der Waals surface area contributed by atoms with Gasteiger partial charge in [0.2, 0.25) is 5.91 Å². The number of nitrogens with one attached hydrogen (secondary N) is 1. The Morgan fingerprint density at radius 1 is 1.40 bits per heavy atom. The fraction of sp³-hybridized carbons (Fsp3) is 0.250. The molecule has 0 spiro atoms. The van der Waals surface area contributed by atoms with Crippen LogP contribution >= 0.6 is 15.9 Å². The molecule has 1 amide bonds. The maximum absolute atomic E-state index is 11.4. The Labute approximate surface area is 97.5 Å². The molecular formula is C12H12BrNO. The van der Waals surface area contributed by atoms with E-state index in [9.17, 15) is 4.79 Å². The zero-order chi connectivity index (χ0) is 10.7. The number of benzene rings is 1. The molecule has 2 nitrogen and oxygen atoms in total. The van der Waals surface area contributed by atoms with Gasteiger partial charge in [0.1, 0.15) is 0 Å². The lowest BCUT2D eigenvalue weighted by molar-refractivity contribution is -0.116. The molecule has 15 heavy (non-hydrogen) atoms. The van der Waals surface area contributed by atoms with E-state index in [1.807, 2.05) is 30.3 Å². The van der Waals surface area contributed by atoms with Crippen LogP contribution in [0.2, 0.25) is 0 Å². The van der Waals surface area contributed by atoms with Gasteiger partial charge in [0.15, 0.2) is 0 Å². The first kappa shape index (κ1) is 10.4. The third kappa shape index (κ3) is 3.20. The summed E-state index contributed by atoms with van der Waals surface area (Å²) < 4.78 is 1.00. The Hall–Kier alpha value is -1.09. The molecule has 0 unspecified atom stereocenters. The zero-order valence-electron chi connectivity index (χ0n) is 8.24. The number of hydrogen-bond acceptors (Lipinski definition) is 1. The van der Waals surface area contributed by atoms with Gasteiger partial charge in [-0.3, -0.25) is 4.79 Å². The summed E-state index contributed by atoms with van der Waals surface area (Å²) in [6.07, 6.45) is 5.64. The van der Waals surface area contributed by atoms with E-state index in [-0.39, 0.29) is 5.91 Å². The average molecular weight is 266 g/mol. The lowest BCUT2D eigenvalue weighted by Crippen LogP contribution is -2.22. The Kier molecular flexibility index (Phi) is 3.21. The van der Waals surface area contributed by atoms with Crippen LogP contribution in [0.4, 0.5) is 0 Å². The van der Waals surface area contributed by atoms with Crippen LogP contribution in [-0.4, -0.2) is 11.9 Å². The second-order valence-corrected chi connectivity index (χ2v) is 4.49. The Morgan fingerprint density at radius 3 is 2.80 bits per heavy atom. The lowest BCUT2D eigenvalue weighted by atomic mass is 10.2. The molecule has 0 radical (unpaired) electrons. The molecule has 1 N–H and O–H groups in total. The van der Waals surface area contributed by atoms with Crippen LogP contribution in [-0.2, 0) is 4.79 Å². The largest absolute Gasteiger partial charge is 0.350 e. The van der Waals surface area contributed by atoms with Crippen LogP contribution in [0.3, 0.4) is 0 Å². The SMILES string of the molecule is O=C(C=Cc1ccccc1Br)NC1CC1. The fourth-order valence-electron chi connectivity index (χ4n) is 1.25. The number of halogens is 1. The van der Waals surface area contributed by atoms with Crippen molar-refractivity contribution in [2.24, 2.45) is 0 Å². The minimum atomic E-state index is -0.00625. The van der Waals surface area contributed by atoms with E-state index >= 15 is 0 Å². The maximum Gasteiger partial charge on any atom is 0.244 e. The first-order valence-electron chi connectivity index (χ1n) is 4.99. The standard InChI is InChI=1S/C12H12BrNO/c13-11-4-2-1-3-9(11)5-8-12(15)14-10-6-7-10/h1-5,8,10H,6-7H2,(H,14,15). The molecule has 0 atom stereocenters. The molecule has 0 saturated heterocycles. The minimum absolute atomic E-state index is 0.00625. The van der Waals surface area contributed by atoms with Gasteiger partial charge in [-0.05, 0) is 30.5 Å². The normalized spacial score (nSPS) is 15.5. The highest BCUT2D eigenvalue weighted by molar-refractivity contribution is 9.10. The van der Waals surface area contributed by atoms with E-state index in [0.717, 1.165) is 22.9 Å². The van der Waals surface area contributed by atoms with Crippen LogP contribution in [0.25, 0.3) is 6.08 Å². The number of carbonyl (C=O) groups excluding carboxylic acids is 1. The minimum Gasteiger partial charge on any atom is -0.350 e. The summed E-state index contributed by atoms with van der Waals surface area (Å²) in [5.41, 5.74) is 1.02. The molecule has 0 aliphatic heterocycles. The lowest BCUT2D eigenvalue weighted by Gasteiger charge is -1.98. The number of rotatable bonds is 3. The summed E-state index contributed by atoms with van der Waals surface area (Å²) in [6, 6.07) is 8.24. The first-order chi connectivity index (χ1) is 7.25. The van der Waals surface area contributed by atoms with Crippen molar-refractivity contribution in [2.75, 3.05) is 0 Å². The second kappa shape index (κ2) is 4.62. The van der Waals surface area contributed by atoms with E-state index in [2.05, 4.69) is 21.2 Å². The predicted octanol–water partition coefficient (Wildman–Crippen LogP) is 2.74. The van der Waals surface area contributed by atoms with Gasteiger partial charge >= 0.3 is 0 Å². The smallest absolute Gasteiger partial charge is 0.244 e. The fourth-order valence-corrected chi connectivity index (χ4v) is 1.67. The third-order valence-electron chi connectivity index (χ3n) is 2.24. The molecule has 3 heteroatoms. The summed E-state index contributed by atoms with van der Waals surface area (Å²) in [5, 5.41) is 2.90. The van der Waals surface area contributed by atoms with Crippen molar-refractivity contribution in [3.63, 3.8) is 0 Å². The van der Waals surface area contributed by atoms with E-state index in [4.69, 9.17) is 0 Å². The van der Waals surface area contributed by atoms with Gasteiger partial charge in [0.25, 0.3) is 0 Å². The van der Waals surface area contributed by atoms with Crippen LogP contribution in [0, 0.1) is 0 Å². The van der Waals surface area contributed by atoms with Crippen molar-refractivity contribution < 1.29 is 4.79 Å². The molecular weight excluding hydrogens is 254 g/mol. The van der Waals surface area contributed by atoms with Crippen LogP contribution in [0.5, 0.6) is 0 Å². The van der Waals surface area contributed by atoms with Crippen molar-refractivity contribution in [1.82, 2.24) is 5.32 Å². The Balaban J connectivity index is 1.97. The highest BCUT2D eigenvalue weighted by atomic mass is 79.9. The van der Waals surface area contributed by atoms with E-state index < -0.39 is 0 Å². The monoisotopic (exact) mass is 265 g/mol. The Morgan fingerprint density at radius 2 is 2.13 bits per heavy atom. The summed E-state index contributed by atoms with van der Waals surface area (Å²) in [6.45, 7) is 0. The molecule has 1 aliphatic rings. The molecule has 1 fully saturated rings. The number of amides is 1. The van der Waals surface area contributed by atoms with E-state index in [1.165, 1.54) is 0 Å². The molecule has 1 saturated carbocycles. The molecule has 1 aromatic carbocycles. The zero-order valence-corrected chi connectivity index (χ0v) is 9.83. The van der Waals surface area contributed by atoms with Gasteiger partial charge in [-0.1, -0.05) is 34.1 Å². The van der Waals surface area contributed by atoms with Crippen molar-refractivity contribution >= 4 is 27.9 Å². The number of carbonyl (C=O) groups is 1. The molecule has 0 bridgehead atoms. The summed E-state index contributed by atoms with van der Waals surface area (Å²) in [4.78, 5) is 11.4.